The van der Waals surface area contributed by atoms with Gasteiger partial charge in [0.15, 0.2) is 6.19 Å². The molecule has 6 heteroatoms. The highest BCUT2D eigenvalue weighted by Crippen LogP contribution is 2.42. The summed E-state index contributed by atoms with van der Waals surface area (Å²) in [5, 5.41) is 12.5. The number of benzene rings is 1. The minimum absolute atomic E-state index is 0.0273. The standard InChI is InChI=1S/C24H25N5O/c25-14-29-19-4-6-22(29)20(13-19)27-24(30)18-3-5-21-17(11-18)8-10-28(21)23-12-16(7-9-26-23)15-1-2-15/h3,5,7,9,11-12,15,19-20,22H,1-2,4,6,8,10,13H2,(H,27,30). The highest BCUT2D eigenvalue weighted by Gasteiger charge is 2.46. The molecule has 152 valence electrons. The fraction of sp³-hybridized carbons (Fsp3) is 0.458. The first-order valence-corrected chi connectivity index (χ1v) is 11.1. The predicted octanol–water partition coefficient (Wildman–Crippen LogP) is 3.47. The average Bonchev–Trinajstić information content (AvgIpc) is 3.31. The van der Waals surface area contributed by atoms with Crippen LogP contribution in [0.2, 0.25) is 0 Å². The van der Waals surface area contributed by atoms with E-state index >= 15 is 0 Å². The topological polar surface area (TPSA) is 72.3 Å². The Morgan fingerprint density at radius 1 is 1.17 bits per heavy atom. The van der Waals surface area contributed by atoms with E-state index in [1.54, 1.807) is 0 Å². The Morgan fingerprint density at radius 3 is 2.87 bits per heavy atom. The van der Waals surface area contributed by atoms with Gasteiger partial charge in [0.05, 0.1) is 12.1 Å². The van der Waals surface area contributed by atoms with Gasteiger partial charge >= 0.3 is 0 Å². The number of pyridine rings is 1. The third kappa shape index (κ3) is 2.84. The van der Waals surface area contributed by atoms with Crippen LogP contribution in [-0.4, -0.2) is 40.5 Å². The van der Waals surface area contributed by atoms with E-state index < -0.39 is 0 Å². The van der Waals surface area contributed by atoms with E-state index in [1.807, 2.05) is 23.2 Å². The molecule has 6 nitrogen and oxygen atoms in total. The van der Waals surface area contributed by atoms with Crippen molar-refractivity contribution >= 4 is 17.4 Å². The Morgan fingerprint density at radius 2 is 2.07 bits per heavy atom. The molecule has 1 aromatic carbocycles. The number of carbonyl (C=O) groups excluding carboxylic acids is 1. The molecule has 3 fully saturated rings. The summed E-state index contributed by atoms with van der Waals surface area (Å²) in [5.41, 5.74) is 4.46. The molecule has 3 unspecified atom stereocenters. The Balaban J connectivity index is 1.19. The van der Waals surface area contributed by atoms with Gasteiger partial charge in [-0.2, -0.15) is 5.26 Å². The average molecular weight is 399 g/mol. The number of rotatable bonds is 4. The molecule has 2 saturated heterocycles. The van der Waals surface area contributed by atoms with Crippen LogP contribution in [0.15, 0.2) is 36.5 Å². The zero-order valence-corrected chi connectivity index (χ0v) is 16.9. The molecule has 3 atom stereocenters. The number of anilines is 2. The van der Waals surface area contributed by atoms with E-state index in [-0.39, 0.29) is 18.0 Å². The molecule has 1 saturated carbocycles. The van der Waals surface area contributed by atoms with Gasteiger partial charge in [-0.15, -0.1) is 0 Å². The molecule has 1 aromatic heterocycles. The maximum absolute atomic E-state index is 12.9. The van der Waals surface area contributed by atoms with Crippen molar-refractivity contribution in [2.45, 2.75) is 62.6 Å². The normalized spacial score (nSPS) is 26.6. The van der Waals surface area contributed by atoms with Crippen LogP contribution in [0, 0.1) is 11.5 Å². The molecule has 4 heterocycles. The molecular formula is C24H25N5O. The van der Waals surface area contributed by atoms with Gasteiger partial charge in [-0.1, -0.05) is 0 Å². The summed E-state index contributed by atoms with van der Waals surface area (Å²) in [4.78, 5) is 21.7. The first kappa shape index (κ1) is 17.8. The summed E-state index contributed by atoms with van der Waals surface area (Å²) in [6, 6.07) is 10.9. The Hall–Kier alpha value is -3.07. The molecular weight excluding hydrogens is 374 g/mol. The fourth-order valence-corrected chi connectivity index (χ4v) is 5.58. The number of aromatic nitrogens is 1. The SMILES string of the molecule is N#CN1C2CCC1C(NC(=O)c1ccc3c(c1)CCN3c1cc(C3CC3)ccn1)C2. The van der Waals surface area contributed by atoms with Gasteiger partial charge in [-0.3, -0.25) is 4.79 Å². The van der Waals surface area contributed by atoms with Crippen LogP contribution in [0.25, 0.3) is 0 Å². The molecule has 4 aliphatic rings. The molecule has 1 aliphatic carbocycles. The van der Waals surface area contributed by atoms with Crippen molar-refractivity contribution in [3.05, 3.63) is 53.2 Å². The lowest BCUT2D eigenvalue weighted by atomic mass is 9.95. The number of amides is 1. The maximum Gasteiger partial charge on any atom is 0.251 e. The van der Waals surface area contributed by atoms with Gasteiger partial charge in [-0.05, 0) is 85.9 Å². The summed E-state index contributed by atoms with van der Waals surface area (Å²) in [5.74, 6) is 1.69. The van der Waals surface area contributed by atoms with E-state index in [9.17, 15) is 10.1 Å². The smallest absolute Gasteiger partial charge is 0.251 e. The predicted molar refractivity (Wildman–Crippen MR) is 113 cm³/mol. The summed E-state index contributed by atoms with van der Waals surface area (Å²) in [6.07, 6.45) is 10.7. The third-order valence-electron chi connectivity index (χ3n) is 7.30. The van der Waals surface area contributed by atoms with Crippen LogP contribution in [-0.2, 0) is 6.42 Å². The Bertz CT molecular complexity index is 1060. The lowest BCUT2D eigenvalue weighted by Gasteiger charge is -2.22. The van der Waals surface area contributed by atoms with Crippen molar-refractivity contribution in [3.8, 4) is 6.19 Å². The second-order valence-electron chi connectivity index (χ2n) is 9.09. The number of nitriles is 1. The lowest BCUT2D eigenvalue weighted by Crippen LogP contribution is -2.43. The summed E-state index contributed by atoms with van der Waals surface area (Å²) >= 11 is 0. The molecule has 2 bridgehead atoms. The number of hydrogen-bond acceptors (Lipinski definition) is 5. The van der Waals surface area contributed by atoms with Gasteiger partial charge in [0.2, 0.25) is 0 Å². The zero-order valence-electron chi connectivity index (χ0n) is 16.9. The number of carbonyl (C=O) groups is 1. The summed E-state index contributed by atoms with van der Waals surface area (Å²) in [7, 11) is 0. The largest absolute Gasteiger partial charge is 0.347 e. The molecule has 1 N–H and O–H groups in total. The van der Waals surface area contributed by atoms with Gasteiger partial charge in [-0.25, -0.2) is 4.98 Å². The first-order chi connectivity index (χ1) is 14.7. The maximum atomic E-state index is 12.9. The van der Waals surface area contributed by atoms with Gasteiger partial charge in [0, 0.05) is 30.0 Å². The van der Waals surface area contributed by atoms with Crippen LogP contribution in [0.3, 0.4) is 0 Å². The van der Waals surface area contributed by atoms with E-state index in [1.165, 1.54) is 24.0 Å². The van der Waals surface area contributed by atoms with E-state index in [0.717, 1.165) is 43.7 Å². The van der Waals surface area contributed by atoms with Gasteiger partial charge in [0.1, 0.15) is 5.82 Å². The van der Waals surface area contributed by atoms with Gasteiger partial charge in [0.25, 0.3) is 5.91 Å². The van der Waals surface area contributed by atoms with Crippen molar-refractivity contribution in [1.82, 2.24) is 15.2 Å². The van der Waals surface area contributed by atoms with Crippen molar-refractivity contribution < 1.29 is 4.79 Å². The van der Waals surface area contributed by atoms with E-state index in [2.05, 4.69) is 39.6 Å². The molecule has 3 aliphatic heterocycles. The van der Waals surface area contributed by atoms with E-state index in [0.29, 0.717) is 17.5 Å². The second kappa shape index (κ2) is 6.73. The quantitative estimate of drug-likeness (QED) is 0.797. The zero-order chi connectivity index (χ0) is 20.2. The van der Waals surface area contributed by atoms with Crippen LogP contribution in [0.1, 0.15) is 59.5 Å². The third-order valence-corrected chi connectivity index (χ3v) is 7.30. The van der Waals surface area contributed by atoms with Crippen LogP contribution >= 0.6 is 0 Å². The minimum Gasteiger partial charge on any atom is -0.347 e. The lowest BCUT2D eigenvalue weighted by molar-refractivity contribution is 0.0928. The number of fused-ring (bicyclic) bond motifs is 3. The summed E-state index contributed by atoms with van der Waals surface area (Å²) in [6.45, 7) is 0.894. The number of nitrogens with zero attached hydrogens (tertiary/aromatic N) is 4. The summed E-state index contributed by atoms with van der Waals surface area (Å²) < 4.78 is 0. The van der Waals surface area contributed by atoms with Crippen molar-refractivity contribution in [3.63, 3.8) is 0 Å². The van der Waals surface area contributed by atoms with E-state index in [4.69, 9.17) is 0 Å². The molecule has 2 aromatic rings. The Kier molecular flexibility index (Phi) is 3.98. The minimum atomic E-state index is -0.0273. The van der Waals surface area contributed by atoms with Crippen LogP contribution in [0.4, 0.5) is 11.5 Å². The molecule has 30 heavy (non-hydrogen) atoms. The molecule has 0 radical (unpaired) electrons. The van der Waals surface area contributed by atoms with Crippen molar-refractivity contribution in [2.75, 3.05) is 11.4 Å². The van der Waals surface area contributed by atoms with Crippen molar-refractivity contribution in [2.24, 2.45) is 0 Å². The molecule has 6 rings (SSSR count). The number of hydrogen-bond donors (Lipinski definition) is 1. The second-order valence-corrected chi connectivity index (χ2v) is 9.09. The molecule has 1 amide bonds. The highest BCUT2D eigenvalue weighted by molar-refractivity contribution is 5.95. The van der Waals surface area contributed by atoms with Crippen molar-refractivity contribution in [1.29, 1.82) is 5.26 Å². The Labute approximate surface area is 176 Å². The van der Waals surface area contributed by atoms with Gasteiger partial charge < -0.3 is 15.1 Å². The molecule has 0 spiro atoms. The monoisotopic (exact) mass is 399 g/mol. The van der Waals surface area contributed by atoms with Crippen LogP contribution in [0.5, 0.6) is 0 Å². The highest BCUT2D eigenvalue weighted by atomic mass is 16.1. The first-order valence-electron chi connectivity index (χ1n) is 11.1. The fourth-order valence-electron chi connectivity index (χ4n) is 5.58. The number of nitrogens with one attached hydrogen (secondary N) is 1. The van der Waals surface area contributed by atoms with Crippen LogP contribution < -0.4 is 10.2 Å².